The number of anilines is 1. The van der Waals surface area contributed by atoms with Crippen LogP contribution in [-0.2, 0) is 0 Å². The van der Waals surface area contributed by atoms with Gasteiger partial charge in [0.1, 0.15) is 0 Å². The lowest BCUT2D eigenvalue weighted by Gasteiger charge is -2.31. The Kier molecular flexibility index (Phi) is 5.98. The Morgan fingerprint density at radius 3 is 2.71 bits per heavy atom. The summed E-state index contributed by atoms with van der Waals surface area (Å²) in [4.78, 5) is 24.8. The van der Waals surface area contributed by atoms with Gasteiger partial charge in [0.05, 0.1) is 22.2 Å². The molecule has 1 aromatic carbocycles. The third kappa shape index (κ3) is 4.74. The first-order valence-electron chi connectivity index (χ1n) is 10.2. The van der Waals surface area contributed by atoms with Crippen molar-refractivity contribution in [1.29, 1.82) is 5.26 Å². The molecule has 0 spiro atoms. The van der Waals surface area contributed by atoms with Crippen molar-refractivity contribution in [2.24, 2.45) is 0 Å². The lowest BCUT2D eigenvalue weighted by Crippen LogP contribution is -2.52. The second-order valence-corrected chi connectivity index (χ2v) is 8.76. The minimum Gasteiger partial charge on any atom is -0.322 e. The number of thiazole rings is 1. The van der Waals surface area contributed by atoms with Crippen molar-refractivity contribution in [2.75, 3.05) is 25.0 Å². The van der Waals surface area contributed by atoms with Gasteiger partial charge in [-0.25, -0.2) is 9.78 Å². The van der Waals surface area contributed by atoms with E-state index in [4.69, 9.17) is 4.98 Å². The zero-order valence-electron chi connectivity index (χ0n) is 17.8. The zero-order chi connectivity index (χ0) is 22.0. The number of nitrogens with zero attached hydrogens (tertiary/aromatic N) is 4. The lowest BCUT2D eigenvalue weighted by atomic mass is 10.0. The predicted molar refractivity (Wildman–Crippen MR) is 123 cm³/mol. The summed E-state index contributed by atoms with van der Waals surface area (Å²) in [6.45, 7) is 8.08. The number of nitriles is 1. The van der Waals surface area contributed by atoms with Gasteiger partial charge < -0.3 is 10.2 Å². The summed E-state index contributed by atoms with van der Waals surface area (Å²) in [5.74, 6) is 0. The number of piperazine rings is 1. The number of pyridine rings is 1. The van der Waals surface area contributed by atoms with E-state index in [1.165, 1.54) is 11.3 Å². The number of aryl methyl sites for hydroxylation is 2. The number of hydrogen-bond donors (Lipinski definition) is 2. The van der Waals surface area contributed by atoms with Gasteiger partial charge in [0.15, 0.2) is 5.13 Å². The third-order valence-corrected chi connectivity index (χ3v) is 6.13. The monoisotopic (exact) mass is 432 g/mol. The van der Waals surface area contributed by atoms with Gasteiger partial charge in [-0.1, -0.05) is 23.5 Å². The maximum atomic E-state index is 12.8. The van der Waals surface area contributed by atoms with Crippen LogP contribution in [0.25, 0.3) is 21.7 Å². The Hall–Kier alpha value is -3.28. The number of carbonyl (C=O) groups is 1. The van der Waals surface area contributed by atoms with Crippen LogP contribution in [0.5, 0.6) is 0 Å². The highest BCUT2D eigenvalue weighted by Gasteiger charge is 2.23. The van der Waals surface area contributed by atoms with E-state index < -0.39 is 0 Å². The van der Waals surface area contributed by atoms with Crippen LogP contribution >= 0.6 is 11.3 Å². The number of amides is 2. The van der Waals surface area contributed by atoms with Crippen molar-refractivity contribution in [3.8, 4) is 27.8 Å². The molecular formula is C23H24N6OS. The molecule has 8 heteroatoms. The molecular weight excluding hydrogens is 408 g/mol. The molecule has 158 valence electrons. The van der Waals surface area contributed by atoms with E-state index in [0.717, 1.165) is 39.6 Å². The van der Waals surface area contributed by atoms with E-state index in [-0.39, 0.29) is 12.1 Å². The van der Waals surface area contributed by atoms with Crippen LogP contribution in [0.4, 0.5) is 9.93 Å². The van der Waals surface area contributed by atoms with Crippen molar-refractivity contribution >= 4 is 22.5 Å². The van der Waals surface area contributed by atoms with Gasteiger partial charge >= 0.3 is 6.03 Å². The summed E-state index contributed by atoms with van der Waals surface area (Å²) in [6.07, 6.45) is 0. The Morgan fingerprint density at radius 2 is 2.00 bits per heavy atom. The van der Waals surface area contributed by atoms with Gasteiger partial charge in [-0.05, 0) is 50.6 Å². The van der Waals surface area contributed by atoms with Crippen molar-refractivity contribution in [2.45, 2.75) is 26.8 Å². The molecule has 3 aromatic rings. The number of hydrogen-bond acceptors (Lipinski definition) is 6. The van der Waals surface area contributed by atoms with Crippen LogP contribution < -0.4 is 10.6 Å². The molecule has 31 heavy (non-hydrogen) atoms. The van der Waals surface area contributed by atoms with E-state index in [9.17, 15) is 10.1 Å². The molecule has 1 aliphatic rings. The molecule has 2 N–H and O–H groups in total. The first kappa shape index (κ1) is 21.0. The topological polar surface area (TPSA) is 93.9 Å². The molecule has 1 saturated heterocycles. The molecule has 0 bridgehead atoms. The van der Waals surface area contributed by atoms with Crippen molar-refractivity contribution in [3.05, 3.63) is 53.3 Å². The van der Waals surface area contributed by atoms with E-state index in [1.54, 1.807) is 11.0 Å². The van der Waals surface area contributed by atoms with Gasteiger partial charge in [0.2, 0.25) is 0 Å². The average molecular weight is 433 g/mol. The quantitative estimate of drug-likeness (QED) is 0.647. The lowest BCUT2D eigenvalue weighted by molar-refractivity contribution is 0.192. The predicted octanol–water partition coefficient (Wildman–Crippen LogP) is 4.19. The molecule has 1 fully saturated rings. The number of carbonyl (C=O) groups excluding carboxylic acids is 1. The highest BCUT2D eigenvalue weighted by Crippen LogP contribution is 2.39. The molecule has 0 radical (unpaired) electrons. The van der Waals surface area contributed by atoms with Gasteiger partial charge in [0.25, 0.3) is 0 Å². The maximum absolute atomic E-state index is 12.8. The Labute approximate surface area is 185 Å². The SMILES string of the molecule is Cc1cc(-c2sc(NC(=O)N3CCN[C@H](C)C3)nc2-c2cccc(C#N)c2)cc(C)n1. The number of nitrogens with one attached hydrogen (secondary N) is 2. The summed E-state index contributed by atoms with van der Waals surface area (Å²) in [5, 5.41) is 16.2. The van der Waals surface area contributed by atoms with Crippen LogP contribution in [0.2, 0.25) is 0 Å². The minimum absolute atomic E-state index is 0.145. The van der Waals surface area contributed by atoms with Crippen LogP contribution in [-0.4, -0.2) is 46.6 Å². The zero-order valence-corrected chi connectivity index (χ0v) is 18.6. The van der Waals surface area contributed by atoms with Gasteiger partial charge in [-0.15, -0.1) is 0 Å². The Morgan fingerprint density at radius 1 is 1.23 bits per heavy atom. The van der Waals surface area contributed by atoms with Crippen molar-refractivity contribution in [1.82, 2.24) is 20.2 Å². The van der Waals surface area contributed by atoms with Crippen LogP contribution in [0.1, 0.15) is 23.9 Å². The third-order valence-electron chi connectivity index (χ3n) is 5.11. The molecule has 2 amide bonds. The molecule has 7 nitrogen and oxygen atoms in total. The van der Waals surface area contributed by atoms with Crippen molar-refractivity contribution in [3.63, 3.8) is 0 Å². The first-order chi connectivity index (χ1) is 14.9. The summed E-state index contributed by atoms with van der Waals surface area (Å²) in [7, 11) is 0. The summed E-state index contributed by atoms with van der Waals surface area (Å²) in [5.41, 5.74) is 4.99. The van der Waals surface area contributed by atoms with Crippen LogP contribution in [0.3, 0.4) is 0 Å². The smallest absolute Gasteiger partial charge is 0.322 e. The van der Waals surface area contributed by atoms with Gasteiger partial charge in [-0.2, -0.15) is 5.26 Å². The largest absolute Gasteiger partial charge is 0.323 e. The molecule has 4 rings (SSSR count). The fraction of sp³-hybridized carbons (Fsp3) is 0.304. The molecule has 1 atom stereocenters. The maximum Gasteiger partial charge on any atom is 0.323 e. The van der Waals surface area contributed by atoms with E-state index in [1.807, 2.05) is 44.2 Å². The van der Waals surface area contributed by atoms with E-state index in [2.05, 4.69) is 28.6 Å². The minimum atomic E-state index is -0.145. The Bertz CT molecular complexity index is 1140. The number of urea groups is 1. The normalized spacial score (nSPS) is 16.1. The fourth-order valence-corrected chi connectivity index (χ4v) is 4.72. The molecule has 1 aliphatic heterocycles. The van der Waals surface area contributed by atoms with E-state index >= 15 is 0 Å². The van der Waals surface area contributed by atoms with Gasteiger partial charge in [0, 0.05) is 42.6 Å². The van der Waals surface area contributed by atoms with E-state index in [0.29, 0.717) is 23.8 Å². The molecule has 2 aromatic heterocycles. The Balaban J connectivity index is 1.73. The summed E-state index contributed by atoms with van der Waals surface area (Å²) in [6, 6.07) is 13.7. The molecule has 0 unspecified atom stereocenters. The second-order valence-electron chi connectivity index (χ2n) is 7.76. The average Bonchev–Trinajstić information content (AvgIpc) is 3.17. The van der Waals surface area contributed by atoms with Crippen LogP contribution in [0.15, 0.2) is 36.4 Å². The first-order valence-corrected chi connectivity index (χ1v) is 11.0. The summed E-state index contributed by atoms with van der Waals surface area (Å²) >= 11 is 1.44. The standard InChI is InChI=1S/C23H24N6OS/c1-14-9-19(10-15(2)26-14)21-20(18-6-4-5-17(11-18)12-24)27-22(31-21)28-23(30)29-8-7-25-16(3)13-29/h4-6,9-11,16,25H,7-8,13H2,1-3H3,(H,27,28,30)/t16-/m1/s1. The van der Waals surface area contributed by atoms with Gasteiger partial charge in [-0.3, -0.25) is 10.3 Å². The molecule has 0 aliphatic carbocycles. The van der Waals surface area contributed by atoms with Crippen LogP contribution in [0, 0.1) is 25.2 Å². The second kappa shape index (κ2) is 8.84. The number of rotatable bonds is 3. The highest BCUT2D eigenvalue weighted by molar-refractivity contribution is 7.19. The number of benzene rings is 1. The molecule has 0 saturated carbocycles. The highest BCUT2D eigenvalue weighted by atomic mass is 32.1. The van der Waals surface area contributed by atoms with Crippen molar-refractivity contribution < 1.29 is 4.79 Å². The fourth-order valence-electron chi connectivity index (χ4n) is 3.75. The summed E-state index contributed by atoms with van der Waals surface area (Å²) < 4.78 is 0. The number of aromatic nitrogens is 2. The molecule has 3 heterocycles.